The molecule has 10 heteroatoms. The average Bonchev–Trinajstić information content (AvgIpc) is 3.13. The van der Waals surface area contributed by atoms with Gasteiger partial charge in [0.1, 0.15) is 0 Å². The van der Waals surface area contributed by atoms with Gasteiger partial charge in [-0.1, -0.05) is 33.8 Å². The third-order valence-electron chi connectivity index (χ3n) is 4.24. The zero-order valence-electron chi connectivity index (χ0n) is 18.1. The molecule has 166 valence electrons. The first-order chi connectivity index (χ1) is 14.5. The molecule has 0 bridgehead atoms. The molecule has 3 aromatic rings. The highest BCUT2D eigenvalue weighted by atomic mass is 32.2. The Bertz CT molecular complexity index is 1180. The second-order valence-electron chi connectivity index (χ2n) is 7.97. The number of hydrogen-bond donors (Lipinski definition) is 2. The summed E-state index contributed by atoms with van der Waals surface area (Å²) in [4.78, 5) is 14.2. The second kappa shape index (κ2) is 9.27. The standard InChI is InChI=1S/C21H26FN5O2S2/c1-12(2)11-24-21-23-10-9-16(25-21)19-18(26-20(30-19)13(3)4)14-7-6-8-15(17(14)22)27-31(5,28)29/h6-10,12-13,27H,11H2,1-5H3,(H,23,24,25). The molecule has 0 saturated heterocycles. The van der Waals surface area contributed by atoms with Crippen LogP contribution in [0.25, 0.3) is 21.8 Å². The van der Waals surface area contributed by atoms with E-state index in [1.54, 1.807) is 24.4 Å². The van der Waals surface area contributed by atoms with Crippen LogP contribution in [0.2, 0.25) is 0 Å². The van der Waals surface area contributed by atoms with Crippen molar-refractivity contribution >= 4 is 33.0 Å². The van der Waals surface area contributed by atoms with Crippen LogP contribution in [-0.4, -0.2) is 36.2 Å². The average molecular weight is 464 g/mol. The molecule has 1 aromatic carbocycles. The van der Waals surface area contributed by atoms with E-state index in [0.29, 0.717) is 28.1 Å². The molecule has 0 fully saturated rings. The SMILES string of the molecule is CC(C)CNc1nccc(-c2sc(C(C)C)nc2-c2cccc(NS(C)(=O)=O)c2F)n1. The third-order valence-corrected chi connectivity index (χ3v) is 6.21. The Morgan fingerprint density at radius 3 is 2.52 bits per heavy atom. The van der Waals surface area contributed by atoms with E-state index in [1.165, 1.54) is 17.4 Å². The molecular weight excluding hydrogens is 437 g/mol. The van der Waals surface area contributed by atoms with Crippen LogP contribution in [0.5, 0.6) is 0 Å². The zero-order valence-corrected chi connectivity index (χ0v) is 19.7. The van der Waals surface area contributed by atoms with Gasteiger partial charge in [-0.05, 0) is 24.1 Å². The molecular formula is C21H26FN5O2S2. The summed E-state index contributed by atoms with van der Waals surface area (Å²) in [5.41, 5.74) is 1.15. The first-order valence-corrected chi connectivity index (χ1v) is 12.6. The first-order valence-electron chi connectivity index (χ1n) is 9.90. The molecule has 2 N–H and O–H groups in total. The van der Waals surface area contributed by atoms with Gasteiger partial charge >= 0.3 is 0 Å². The van der Waals surface area contributed by atoms with E-state index in [0.717, 1.165) is 17.8 Å². The lowest BCUT2D eigenvalue weighted by Gasteiger charge is -2.10. The van der Waals surface area contributed by atoms with Gasteiger partial charge in [0.25, 0.3) is 0 Å². The molecule has 2 heterocycles. The summed E-state index contributed by atoms with van der Waals surface area (Å²) in [6.45, 7) is 8.94. The summed E-state index contributed by atoms with van der Waals surface area (Å²) in [5, 5.41) is 4.03. The van der Waals surface area contributed by atoms with Crippen LogP contribution in [0.4, 0.5) is 16.0 Å². The summed E-state index contributed by atoms with van der Waals surface area (Å²) in [7, 11) is -3.62. The molecule has 0 unspecified atom stereocenters. The van der Waals surface area contributed by atoms with Crippen molar-refractivity contribution in [3.05, 3.63) is 41.3 Å². The number of sulfonamides is 1. The number of aromatic nitrogens is 3. The molecule has 2 aromatic heterocycles. The topological polar surface area (TPSA) is 96.9 Å². The summed E-state index contributed by atoms with van der Waals surface area (Å²) in [6.07, 6.45) is 2.64. The maximum absolute atomic E-state index is 15.3. The van der Waals surface area contributed by atoms with E-state index in [9.17, 15) is 8.42 Å². The Morgan fingerprint density at radius 2 is 1.87 bits per heavy atom. The molecule has 3 rings (SSSR count). The van der Waals surface area contributed by atoms with Crippen molar-refractivity contribution in [2.24, 2.45) is 5.92 Å². The molecule has 0 atom stereocenters. The Labute approximate surface area is 186 Å². The Morgan fingerprint density at radius 1 is 1.13 bits per heavy atom. The molecule has 31 heavy (non-hydrogen) atoms. The van der Waals surface area contributed by atoms with E-state index in [-0.39, 0.29) is 17.2 Å². The van der Waals surface area contributed by atoms with Gasteiger partial charge in [-0.3, -0.25) is 4.72 Å². The smallest absolute Gasteiger partial charge is 0.229 e. The molecule has 0 aliphatic carbocycles. The largest absolute Gasteiger partial charge is 0.354 e. The van der Waals surface area contributed by atoms with Crippen molar-refractivity contribution in [1.82, 2.24) is 15.0 Å². The number of anilines is 2. The van der Waals surface area contributed by atoms with Gasteiger partial charge in [-0.15, -0.1) is 11.3 Å². The Hall–Kier alpha value is -2.59. The van der Waals surface area contributed by atoms with Gasteiger partial charge < -0.3 is 5.32 Å². The Kier molecular flexibility index (Phi) is 6.90. The van der Waals surface area contributed by atoms with Crippen molar-refractivity contribution in [2.45, 2.75) is 33.6 Å². The predicted octanol–water partition coefficient (Wildman–Crippen LogP) is 4.97. The quantitative estimate of drug-likeness (QED) is 0.490. The number of nitrogens with zero attached hydrogens (tertiary/aromatic N) is 3. The maximum Gasteiger partial charge on any atom is 0.229 e. The van der Waals surface area contributed by atoms with Crippen molar-refractivity contribution in [1.29, 1.82) is 0 Å². The summed E-state index contributed by atoms with van der Waals surface area (Å²) < 4.78 is 40.7. The van der Waals surface area contributed by atoms with Crippen LogP contribution < -0.4 is 10.0 Å². The Balaban J connectivity index is 2.12. The highest BCUT2D eigenvalue weighted by Crippen LogP contribution is 2.40. The van der Waals surface area contributed by atoms with Crippen molar-refractivity contribution in [2.75, 3.05) is 22.8 Å². The molecule has 0 aliphatic rings. The highest BCUT2D eigenvalue weighted by Gasteiger charge is 2.22. The van der Waals surface area contributed by atoms with Crippen molar-refractivity contribution in [3.8, 4) is 21.8 Å². The van der Waals surface area contributed by atoms with E-state index in [1.807, 2.05) is 13.8 Å². The van der Waals surface area contributed by atoms with Gasteiger partial charge in [-0.25, -0.2) is 27.8 Å². The number of halogens is 1. The first kappa shape index (κ1) is 23.1. The molecule has 0 amide bonds. The van der Waals surface area contributed by atoms with Gasteiger partial charge in [0, 0.05) is 24.2 Å². The van der Waals surface area contributed by atoms with Gasteiger partial charge in [0.2, 0.25) is 16.0 Å². The van der Waals surface area contributed by atoms with Crippen LogP contribution in [0.3, 0.4) is 0 Å². The van der Waals surface area contributed by atoms with Gasteiger partial charge in [-0.2, -0.15) is 0 Å². The minimum atomic E-state index is -3.62. The van der Waals surface area contributed by atoms with E-state index in [2.05, 4.69) is 38.8 Å². The third kappa shape index (κ3) is 5.76. The minimum absolute atomic E-state index is 0.118. The highest BCUT2D eigenvalue weighted by molar-refractivity contribution is 7.92. The fraction of sp³-hybridized carbons (Fsp3) is 0.381. The van der Waals surface area contributed by atoms with Gasteiger partial charge in [0.15, 0.2) is 5.82 Å². The number of thiazole rings is 1. The van der Waals surface area contributed by atoms with Gasteiger partial charge in [0.05, 0.1) is 33.2 Å². The summed E-state index contributed by atoms with van der Waals surface area (Å²) >= 11 is 1.44. The number of benzene rings is 1. The lowest BCUT2D eigenvalue weighted by atomic mass is 10.1. The van der Waals surface area contributed by atoms with E-state index in [4.69, 9.17) is 0 Å². The number of hydrogen-bond acceptors (Lipinski definition) is 7. The van der Waals surface area contributed by atoms with E-state index >= 15 is 4.39 Å². The second-order valence-corrected chi connectivity index (χ2v) is 10.7. The molecule has 0 saturated carbocycles. The fourth-order valence-corrected chi connectivity index (χ4v) is 4.41. The molecule has 0 spiro atoms. The van der Waals surface area contributed by atoms with Crippen molar-refractivity contribution < 1.29 is 12.8 Å². The fourth-order valence-electron chi connectivity index (χ4n) is 2.80. The molecule has 7 nitrogen and oxygen atoms in total. The molecule has 0 aliphatic heterocycles. The van der Waals surface area contributed by atoms with Crippen LogP contribution in [0.15, 0.2) is 30.5 Å². The maximum atomic E-state index is 15.3. The zero-order chi connectivity index (χ0) is 22.8. The van der Waals surface area contributed by atoms with Crippen LogP contribution in [0, 0.1) is 11.7 Å². The van der Waals surface area contributed by atoms with Crippen LogP contribution in [-0.2, 0) is 10.0 Å². The number of rotatable bonds is 8. The monoisotopic (exact) mass is 463 g/mol. The predicted molar refractivity (Wildman–Crippen MR) is 124 cm³/mol. The van der Waals surface area contributed by atoms with Crippen LogP contribution >= 0.6 is 11.3 Å². The lowest BCUT2D eigenvalue weighted by Crippen LogP contribution is -2.11. The molecule has 0 radical (unpaired) electrons. The number of nitrogens with one attached hydrogen (secondary N) is 2. The normalized spacial score (nSPS) is 11.9. The lowest BCUT2D eigenvalue weighted by molar-refractivity contribution is 0.604. The summed E-state index contributed by atoms with van der Waals surface area (Å²) in [6, 6.07) is 6.33. The van der Waals surface area contributed by atoms with E-state index < -0.39 is 15.8 Å². The summed E-state index contributed by atoms with van der Waals surface area (Å²) in [5.74, 6) is 0.378. The van der Waals surface area contributed by atoms with Crippen LogP contribution in [0.1, 0.15) is 38.6 Å². The minimum Gasteiger partial charge on any atom is -0.354 e. The van der Waals surface area contributed by atoms with Crippen molar-refractivity contribution in [3.63, 3.8) is 0 Å².